The number of nitrogens with zero attached hydrogens (tertiary/aromatic N) is 2. The molecule has 0 radical (unpaired) electrons. The summed E-state index contributed by atoms with van der Waals surface area (Å²) in [6.45, 7) is 3.54. The first-order valence-corrected chi connectivity index (χ1v) is 7.45. The molecule has 0 spiro atoms. The van der Waals surface area contributed by atoms with E-state index in [4.69, 9.17) is 23.2 Å². The molecule has 0 aromatic carbocycles. The minimum Gasteiger partial charge on any atom is -0.372 e. The Bertz CT molecular complexity index is 472. The van der Waals surface area contributed by atoms with Crippen molar-refractivity contribution in [3.8, 4) is 0 Å². The summed E-state index contributed by atoms with van der Waals surface area (Å²) in [6.07, 6.45) is 2.53. The molecule has 1 unspecified atom stereocenters. The maximum atomic E-state index is 6.23. The lowest BCUT2D eigenvalue weighted by atomic mass is 9.84. The van der Waals surface area contributed by atoms with Crippen LogP contribution in [0.5, 0.6) is 0 Å². The molecule has 1 aromatic rings. The van der Waals surface area contributed by atoms with E-state index in [1.807, 2.05) is 0 Å². The van der Waals surface area contributed by atoms with E-state index in [-0.39, 0.29) is 0 Å². The fraction of sp³-hybridized carbons (Fsp3) is 0.615. The van der Waals surface area contributed by atoms with Crippen LogP contribution in [-0.2, 0) is 0 Å². The molecule has 3 saturated heterocycles. The number of hydrogen-bond acceptors (Lipinski definition) is 4. The van der Waals surface area contributed by atoms with Crippen molar-refractivity contribution >= 4 is 34.8 Å². The van der Waals surface area contributed by atoms with Crippen molar-refractivity contribution in [3.05, 3.63) is 16.1 Å². The van der Waals surface area contributed by atoms with E-state index in [9.17, 15) is 0 Å². The topological polar surface area (TPSA) is 40.2 Å². The maximum Gasteiger partial charge on any atom is 0.147 e. The van der Waals surface area contributed by atoms with Crippen LogP contribution >= 0.6 is 23.2 Å². The van der Waals surface area contributed by atoms with Crippen LogP contribution < -0.4 is 10.6 Å². The molecule has 3 aliphatic rings. The van der Waals surface area contributed by atoms with Gasteiger partial charge in [-0.25, -0.2) is 4.98 Å². The minimum atomic E-state index is 0.443. The maximum absolute atomic E-state index is 6.23. The smallest absolute Gasteiger partial charge is 0.147 e. The van der Waals surface area contributed by atoms with E-state index in [2.05, 4.69) is 20.5 Å². The predicted octanol–water partition coefficient (Wildman–Crippen LogP) is 2.94. The van der Waals surface area contributed by atoms with Crippen molar-refractivity contribution in [3.63, 3.8) is 0 Å². The summed E-state index contributed by atoms with van der Waals surface area (Å²) in [6, 6.07) is 2.18. The standard InChI is InChI=1S/C13H18Cl2N4/c1-16-12-9(14)6-10(15)13(18-12)17-11-7-19-4-2-8(11)3-5-19/h6,8,11H,2-5,7H2,1H3,(H2,16,17,18). The number of anilines is 2. The third-order valence-electron chi connectivity index (χ3n) is 4.14. The predicted molar refractivity (Wildman–Crippen MR) is 80.4 cm³/mol. The highest BCUT2D eigenvalue weighted by Crippen LogP contribution is 2.33. The molecular formula is C13H18Cl2N4. The van der Waals surface area contributed by atoms with Crippen LogP contribution in [0, 0.1) is 5.92 Å². The number of aromatic nitrogens is 1. The van der Waals surface area contributed by atoms with E-state index >= 15 is 0 Å². The van der Waals surface area contributed by atoms with Crippen LogP contribution in [0.15, 0.2) is 6.07 Å². The largest absolute Gasteiger partial charge is 0.372 e. The molecule has 6 heteroatoms. The van der Waals surface area contributed by atoms with Gasteiger partial charge in [-0.05, 0) is 37.9 Å². The lowest BCUT2D eigenvalue weighted by Crippen LogP contribution is -2.53. The van der Waals surface area contributed by atoms with E-state index in [0.29, 0.717) is 21.9 Å². The van der Waals surface area contributed by atoms with Gasteiger partial charge < -0.3 is 15.5 Å². The molecule has 104 valence electrons. The molecule has 4 nitrogen and oxygen atoms in total. The van der Waals surface area contributed by atoms with Crippen molar-refractivity contribution in [2.75, 3.05) is 37.3 Å². The van der Waals surface area contributed by atoms with Gasteiger partial charge in [0.05, 0.1) is 10.0 Å². The van der Waals surface area contributed by atoms with Crippen LogP contribution in [0.25, 0.3) is 0 Å². The Labute approximate surface area is 123 Å². The Kier molecular flexibility index (Phi) is 3.74. The molecule has 1 atom stereocenters. The molecule has 0 amide bonds. The Morgan fingerprint density at radius 2 is 1.89 bits per heavy atom. The van der Waals surface area contributed by atoms with Gasteiger partial charge in [-0.2, -0.15) is 0 Å². The molecule has 19 heavy (non-hydrogen) atoms. The second-order valence-corrected chi connectivity index (χ2v) is 6.10. The van der Waals surface area contributed by atoms with Gasteiger partial charge in [-0.3, -0.25) is 0 Å². The molecule has 2 bridgehead atoms. The van der Waals surface area contributed by atoms with Crippen LogP contribution in [0.3, 0.4) is 0 Å². The highest BCUT2D eigenvalue weighted by Gasteiger charge is 2.34. The average molecular weight is 301 g/mol. The Morgan fingerprint density at radius 3 is 2.47 bits per heavy atom. The van der Waals surface area contributed by atoms with Gasteiger partial charge in [-0.15, -0.1) is 0 Å². The van der Waals surface area contributed by atoms with Crippen molar-refractivity contribution < 1.29 is 0 Å². The van der Waals surface area contributed by atoms with Gasteiger partial charge in [0.25, 0.3) is 0 Å². The second kappa shape index (κ2) is 5.35. The summed E-state index contributed by atoms with van der Waals surface area (Å²) in [4.78, 5) is 6.96. The quantitative estimate of drug-likeness (QED) is 0.900. The zero-order valence-electron chi connectivity index (χ0n) is 10.9. The fourth-order valence-corrected chi connectivity index (χ4v) is 3.55. The number of hydrogen-bond donors (Lipinski definition) is 2. The number of fused-ring (bicyclic) bond motifs is 3. The molecule has 3 fully saturated rings. The zero-order valence-corrected chi connectivity index (χ0v) is 12.4. The summed E-state index contributed by atoms with van der Waals surface area (Å²) in [5.74, 6) is 2.13. The Morgan fingerprint density at radius 1 is 1.21 bits per heavy atom. The first kappa shape index (κ1) is 13.3. The van der Waals surface area contributed by atoms with Crippen LogP contribution in [0.1, 0.15) is 12.8 Å². The summed E-state index contributed by atoms with van der Waals surface area (Å²) >= 11 is 12.3. The first-order chi connectivity index (χ1) is 9.17. The number of rotatable bonds is 3. The average Bonchev–Trinajstić information content (AvgIpc) is 2.43. The van der Waals surface area contributed by atoms with E-state index in [1.165, 1.54) is 25.9 Å². The minimum absolute atomic E-state index is 0.443. The third-order valence-corrected chi connectivity index (χ3v) is 4.72. The molecule has 2 N–H and O–H groups in total. The summed E-state index contributed by atoms with van der Waals surface area (Å²) in [5.41, 5.74) is 0. The highest BCUT2D eigenvalue weighted by atomic mass is 35.5. The molecule has 0 saturated carbocycles. The number of pyridine rings is 1. The Balaban J connectivity index is 1.79. The fourth-order valence-electron chi connectivity index (χ4n) is 3.05. The van der Waals surface area contributed by atoms with Gasteiger partial charge in [0.15, 0.2) is 0 Å². The van der Waals surface area contributed by atoms with E-state index in [1.54, 1.807) is 13.1 Å². The molecular weight excluding hydrogens is 283 g/mol. The Hall–Kier alpha value is -0.710. The van der Waals surface area contributed by atoms with Crippen molar-refractivity contribution in [2.24, 2.45) is 5.92 Å². The van der Waals surface area contributed by atoms with Crippen LogP contribution in [0.2, 0.25) is 10.0 Å². The van der Waals surface area contributed by atoms with Crippen molar-refractivity contribution in [1.82, 2.24) is 9.88 Å². The van der Waals surface area contributed by atoms with Crippen molar-refractivity contribution in [2.45, 2.75) is 18.9 Å². The monoisotopic (exact) mass is 300 g/mol. The lowest BCUT2D eigenvalue weighted by Gasteiger charge is -2.45. The zero-order chi connectivity index (χ0) is 13.4. The second-order valence-electron chi connectivity index (χ2n) is 5.29. The van der Waals surface area contributed by atoms with Gasteiger partial charge in [0.1, 0.15) is 11.6 Å². The van der Waals surface area contributed by atoms with Crippen LogP contribution in [-0.4, -0.2) is 42.6 Å². The highest BCUT2D eigenvalue weighted by molar-refractivity contribution is 6.37. The van der Waals surface area contributed by atoms with Gasteiger partial charge >= 0.3 is 0 Å². The van der Waals surface area contributed by atoms with Gasteiger partial charge in [0, 0.05) is 19.6 Å². The normalized spacial score (nSPS) is 29.3. The number of nitrogens with one attached hydrogen (secondary N) is 2. The number of piperidine rings is 3. The molecule has 4 heterocycles. The third kappa shape index (κ3) is 2.62. The van der Waals surface area contributed by atoms with E-state index in [0.717, 1.165) is 18.3 Å². The molecule has 1 aromatic heterocycles. The number of halogens is 2. The first-order valence-electron chi connectivity index (χ1n) is 6.70. The molecule has 3 aliphatic heterocycles. The molecule has 4 rings (SSSR count). The lowest BCUT2D eigenvalue weighted by molar-refractivity contribution is 0.0974. The summed E-state index contributed by atoms with van der Waals surface area (Å²) < 4.78 is 0. The molecule has 0 aliphatic carbocycles. The SMILES string of the molecule is CNc1nc(NC2CN3CCC2CC3)c(Cl)cc1Cl. The van der Waals surface area contributed by atoms with Crippen LogP contribution in [0.4, 0.5) is 11.6 Å². The van der Waals surface area contributed by atoms with Gasteiger partial charge in [0.2, 0.25) is 0 Å². The summed E-state index contributed by atoms with van der Waals surface area (Å²) in [7, 11) is 1.81. The van der Waals surface area contributed by atoms with E-state index < -0.39 is 0 Å². The van der Waals surface area contributed by atoms with Gasteiger partial charge in [-0.1, -0.05) is 23.2 Å². The van der Waals surface area contributed by atoms with Crippen molar-refractivity contribution in [1.29, 1.82) is 0 Å². The summed E-state index contributed by atoms with van der Waals surface area (Å²) in [5, 5.41) is 7.61.